The SMILES string of the molecule is COCCN(Cc1ccc(F)cc1C#CCO)CC(C)C. The molecule has 0 fully saturated rings. The van der Waals surface area contributed by atoms with Crippen LogP contribution in [0, 0.1) is 23.6 Å². The lowest BCUT2D eigenvalue weighted by atomic mass is 10.1. The number of benzene rings is 1. The van der Waals surface area contributed by atoms with Crippen LogP contribution in [0.2, 0.25) is 0 Å². The number of aliphatic hydroxyl groups excluding tert-OH is 1. The maximum Gasteiger partial charge on any atom is 0.124 e. The molecule has 0 radical (unpaired) electrons. The molecular formula is C17H24FNO2. The van der Waals surface area contributed by atoms with Gasteiger partial charge < -0.3 is 9.84 Å². The van der Waals surface area contributed by atoms with E-state index in [4.69, 9.17) is 9.84 Å². The molecule has 1 aromatic rings. The zero-order chi connectivity index (χ0) is 15.7. The second-order valence-electron chi connectivity index (χ2n) is 5.38. The van der Waals surface area contributed by atoms with E-state index in [0.717, 1.165) is 18.7 Å². The van der Waals surface area contributed by atoms with Gasteiger partial charge in [-0.05, 0) is 23.6 Å². The van der Waals surface area contributed by atoms with Gasteiger partial charge in [0.05, 0.1) is 6.61 Å². The van der Waals surface area contributed by atoms with Crippen LogP contribution in [0.15, 0.2) is 18.2 Å². The largest absolute Gasteiger partial charge is 0.384 e. The van der Waals surface area contributed by atoms with Gasteiger partial charge in [-0.3, -0.25) is 4.90 Å². The summed E-state index contributed by atoms with van der Waals surface area (Å²) >= 11 is 0. The summed E-state index contributed by atoms with van der Waals surface area (Å²) in [6.07, 6.45) is 0. The van der Waals surface area contributed by atoms with Crippen LogP contribution in [-0.4, -0.2) is 43.4 Å². The number of hydrogen-bond acceptors (Lipinski definition) is 3. The molecule has 0 atom stereocenters. The van der Waals surface area contributed by atoms with Gasteiger partial charge in [-0.15, -0.1) is 0 Å². The normalized spacial score (nSPS) is 10.8. The molecule has 0 aliphatic heterocycles. The molecule has 0 aromatic heterocycles. The van der Waals surface area contributed by atoms with Crippen molar-refractivity contribution in [2.75, 3.05) is 33.4 Å². The van der Waals surface area contributed by atoms with Crippen LogP contribution in [0.4, 0.5) is 4.39 Å². The molecule has 0 saturated heterocycles. The number of halogens is 1. The van der Waals surface area contributed by atoms with E-state index in [1.807, 2.05) is 0 Å². The third kappa shape index (κ3) is 6.72. The second-order valence-corrected chi connectivity index (χ2v) is 5.38. The predicted molar refractivity (Wildman–Crippen MR) is 82.4 cm³/mol. The molecular weight excluding hydrogens is 269 g/mol. The highest BCUT2D eigenvalue weighted by Crippen LogP contribution is 2.14. The van der Waals surface area contributed by atoms with Crippen molar-refractivity contribution in [1.82, 2.24) is 4.90 Å². The van der Waals surface area contributed by atoms with Crippen LogP contribution in [-0.2, 0) is 11.3 Å². The molecule has 0 aliphatic rings. The summed E-state index contributed by atoms with van der Waals surface area (Å²) in [7, 11) is 1.68. The van der Waals surface area contributed by atoms with E-state index in [1.54, 1.807) is 13.2 Å². The highest BCUT2D eigenvalue weighted by atomic mass is 19.1. The highest BCUT2D eigenvalue weighted by Gasteiger charge is 2.11. The Balaban J connectivity index is 2.90. The summed E-state index contributed by atoms with van der Waals surface area (Å²) < 4.78 is 18.5. The molecule has 0 heterocycles. The average Bonchev–Trinajstić information content (AvgIpc) is 2.44. The first-order valence-corrected chi connectivity index (χ1v) is 7.16. The lowest BCUT2D eigenvalue weighted by Gasteiger charge is -2.24. The number of rotatable bonds is 7. The lowest BCUT2D eigenvalue weighted by Crippen LogP contribution is -2.30. The summed E-state index contributed by atoms with van der Waals surface area (Å²) in [6, 6.07) is 4.63. The summed E-state index contributed by atoms with van der Waals surface area (Å²) in [6.45, 7) is 7.21. The summed E-state index contributed by atoms with van der Waals surface area (Å²) in [5.74, 6) is 5.63. The van der Waals surface area contributed by atoms with Gasteiger partial charge in [0.1, 0.15) is 12.4 Å². The van der Waals surface area contributed by atoms with Gasteiger partial charge in [-0.2, -0.15) is 0 Å². The fourth-order valence-corrected chi connectivity index (χ4v) is 2.15. The van der Waals surface area contributed by atoms with Gasteiger partial charge in [0.25, 0.3) is 0 Å². The molecule has 1 aromatic carbocycles. The third-order valence-corrected chi connectivity index (χ3v) is 3.00. The zero-order valence-electron chi connectivity index (χ0n) is 13.0. The van der Waals surface area contributed by atoms with E-state index >= 15 is 0 Å². The molecule has 0 saturated carbocycles. The van der Waals surface area contributed by atoms with Crippen molar-refractivity contribution in [2.45, 2.75) is 20.4 Å². The van der Waals surface area contributed by atoms with Crippen molar-refractivity contribution in [3.05, 3.63) is 35.1 Å². The van der Waals surface area contributed by atoms with E-state index in [-0.39, 0.29) is 12.4 Å². The van der Waals surface area contributed by atoms with Crippen molar-refractivity contribution in [3.8, 4) is 11.8 Å². The van der Waals surface area contributed by atoms with Crippen LogP contribution in [0.3, 0.4) is 0 Å². The predicted octanol–water partition coefficient (Wildman–Crippen LogP) is 2.27. The van der Waals surface area contributed by atoms with Gasteiger partial charge in [0, 0.05) is 32.3 Å². The Morgan fingerprint density at radius 2 is 2.14 bits per heavy atom. The first-order chi connectivity index (χ1) is 10.1. The Kier molecular flexibility index (Phi) is 7.99. The Labute approximate surface area is 126 Å². The van der Waals surface area contributed by atoms with Crippen molar-refractivity contribution in [1.29, 1.82) is 0 Å². The minimum absolute atomic E-state index is 0.227. The van der Waals surface area contributed by atoms with Crippen molar-refractivity contribution in [2.24, 2.45) is 5.92 Å². The van der Waals surface area contributed by atoms with E-state index in [2.05, 4.69) is 30.6 Å². The van der Waals surface area contributed by atoms with E-state index in [1.165, 1.54) is 12.1 Å². The summed E-state index contributed by atoms with van der Waals surface area (Å²) in [5.41, 5.74) is 1.60. The first kappa shape index (κ1) is 17.6. The molecule has 4 heteroatoms. The number of nitrogens with zero attached hydrogens (tertiary/aromatic N) is 1. The standard InChI is InChI=1S/C17H24FNO2/c1-14(2)12-19(8-10-21-3)13-16-6-7-17(18)11-15(16)5-4-9-20/h6-7,11,14,20H,8-10,12-13H2,1-3H3. The second kappa shape index (κ2) is 9.51. The van der Waals surface area contributed by atoms with Gasteiger partial charge in [0.2, 0.25) is 0 Å². The Bertz CT molecular complexity index is 491. The fourth-order valence-electron chi connectivity index (χ4n) is 2.15. The highest BCUT2D eigenvalue weighted by molar-refractivity contribution is 5.41. The monoisotopic (exact) mass is 293 g/mol. The van der Waals surface area contributed by atoms with Crippen molar-refractivity contribution in [3.63, 3.8) is 0 Å². The third-order valence-electron chi connectivity index (χ3n) is 3.00. The molecule has 0 spiro atoms. The van der Waals surface area contributed by atoms with Crippen LogP contribution in [0.25, 0.3) is 0 Å². The Morgan fingerprint density at radius 1 is 1.38 bits per heavy atom. The minimum atomic E-state index is -0.312. The smallest absolute Gasteiger partial charge is 0.124 e. The van der Waals surface area contributed by atoms with E-state index < -0.39 is 0 Å². The van der Waals surface area contributed by atoms with Crippen LogP contribution in [0.1, 0.15) is 25.0 Å². The molecule has 0 amide bonds. The van der Waals surface area contributed by atoms with Crippen molar-refractivity contribution >= 4 is 0 Å². The lowest BCUT2D eigenvalue weighted by molar-refractivity contribution is 0.136. The van der Waals surface area contributed by atoms with Crippen LogP contribution < -0.4 is 0 Å². The Morgan fingerprint density at radius 3 is 2.76 bits per heavy atom. The maximum absolute atomic E-state index is 13.4. The molecule has 1 N–H and O–H groups in total. The van der Waals surface area contributed by atoms with E-state index in [0.29, 0.717) is 24.6 Å². The van der Waals surface area contributed by atoms with Gasteiger partial charge >= 0.3 is 0 Å². The van der Waals surface area contributed by atoms with Gasteiger partial charge in [-0.1, -0.05) is 31.8 Å². The van der Waals surface area contributed by atoms with Crippen molar-refractivity contribution < 1.29 is 14.2 Å². The molecule has 1 rings (SSSR count). The maximum atomic E-state index is 13.4. The number of methoxy groups -OCH3 is 1. The summed E-state index contributed by atoms with van der Waals surface area (Å²) in [4.78, 5) is 2.27. The topological polar surface area (TPSA) is 32.7 Å². The molecule has 0 bridgehead atoms. The Hall–Kier alpha value is -1.41. The van der Waals surface area contributed by atoms with Gasteiger partial charge in [0.15, 0.2) is 0 Å². The van der Waals surface area contributed by atoms with Crippen LogP contribution in [0.5, 0.6) is 0 Å². The molecule has 3 nitrogen and oxygen atoms in total. The number of aliphatic hydroxyl groups is 1. The minimum Gasteiger partial charge on any atom is -0.384 e. The number of hydrogen-bond donors (Lipinski definition) is 1. The quantitative estimate of drug-likeness (QED) is 0.783. The molecule has 0 unspecified atom stereocenters. The zero-order valence-corrected chi connectivity index (χ0v) is 13.0. The molecule has 0 aliphatic carbocycles. The average molecular weight is 293 g/mol. The first-order valence-electron chi connectivity index (χ1n) is 7.16. The van der Waals surface area contributed by atoms with E-state index in [9.17, 15) is 4.39 Å². The van der Waals surface area contributed by atoms with Gasteiger partial charge in [-0.25, -0.2) is 4.39 Å². The molecule has 116 valence electrons. The fraction of sp³-hybridized carbons (Fsp3) is 0.529. The number of ether oxygens (including phenoxy) is 1. The summed E-state index contributed by atoms with van der Waals surface area (Å²) in [5, 5.41) is 8.81. The molecule has 21 heavy (non-hydrogen) atoms. The van der Waals surface area contributed by atoms with Crippen LogP contribution >= 0.6 is 0 Å².